The van der Waals surface area contributed by atoms with Gasteiger partial charge in [-0.25, -0.2) is 0 Å². The zero-order valence-electron chi connectivity index (χ0n) is 11.0. The van der Waals surface area contributed by atoms with Gasteiger partial charge in [0.1, 0.15) is 0 Å². The highest BCUT2D eigenvalue weighted by Gasteiger charge is 2.28. The van der Waals surface area contributed by atoms with E-state index in [1.165, 1.54) is 58.2 Å². The van der Waals surface area contributed by atoms with Crippen molar-refractivity contribution in [2.75, 3.05) is 19.6 Å². The molecule has 2 saturated carbocycles. The summed E-state index contributed by atoms with van der Waals surface area (Å²) in [6.07, 6.45) is 8.54. The summed E-state index contributed by atoms with van der Waals surface area (Å²) in [7, 11) is 0. The molecule has 0 aromatic rings. The molecule has 0 saturated heterocycles. The first-order chi connectivity index (χ1) is 7.83. The van der Waals surface area contributed by atoms with Gasteiger partial charge in [-0.3, -0.25) is 4.90 Å². The van der Waals surface area contributed by atoms with Crippen LogP contribution < -0.4 is 5.32 Å². The molecule has 16 heavy (non-hydrogen) atoms. The normalized spacial score (nSPS) is 30.2. The van der Waals surface area contributed by atoms with Gasteiger partial charge in [-0.1, -0.05) is 20.3 Å². The molecule has 2 aliphatic carbocycles. The van der Waals surface area contributed by atoms with Crippen LogP contribution in [0.25, 0.3) is 0 Å². The van der Waals surface area contributed by atoms with Crippen molar-refractivity contribution in [1.29, 1.82) is 0 Å². The number of hydrogen-bond acceptors (Lipinski definition) is 2. The molecule has 0 aromatic carbocycles. The maximum Gasteiger partial charge on any atom is 0.0110 e. The van der Waals surface area contributed by atoms with E-state index in [0.717, 1.165) is 18.0 Å². The second-order valence-corrected chi connectivity index (χ2v) is 5.60. The monoisotopic (exact) mass is 224 g/mol. The van der Waals surface area contributed by atoms with E-state index >= 15 is 0 Å². The quantitative estimate of drug-likeness (QED) is 0.715. The lowest BCUT2D eigenvalue weighted by Gasteiger charge is -2.21. The summed E-state index contributed by atoms with van der Waals surface area (Å²) in [6.45, 7) is 8.31. The Hall–Kier alpha value is -0.0800. The first kappa shape index (κ1) is 12.4. The predicted molar refractivity (Wildman–Crippen MR) is 69.7 cm³/mol. The molecule has 0 aliphatic heterocycles. The summed E-state index contributed by atoms with van der Waals surface area (Å²) >= 11 is 0. The zero-order valence-corrected chi connectivity index (χ0v) is 11.0. The van der Waals surface area contributed by atoms with E-state index in [9.17, 15) is 0 Å². The fourth-order valence-electron chi connectivity index (χ4n) is 3.08. The van der Waals surface area contributed by atoms with E-state index < -0.39 is 0 Å². The van der Waals surface area contributed by atoms with Gasteiger partial charge in [-0.2, -0.15) is 0 Å². The topological polar surface area (TPSA) is 15.3 Å². The Morgan fingerprint density at radius 3 is 2.50 bits per heavy atom. The summed E-state index contributed by atoms with van der Waals surface area (Å²) < 4.78 is 0. The lowest BCUT2D eigenvalue weighted by Crippen LogP contribution is -2.37. The third-order valence-corrected chi connectivity index (χ3v) is 4.42. The van der Waals surface area contributed by atoms with E-state index in [2.05, 4.69) is 24.1 Å². The molecule has 2 aliphatic rings. The largest absolute Gasteiger partial charge is 0.313 e. The number of hydrogen-bond donors (Lipinski definition) is 1. The summed E-state index contributed by atoms with van der Waals surface area (Å²) in [6, 6.07) is 1.75. The number of likely N-dealkylation sites (N-methyl/N-ethyl adjacent to an activating group) is 1. The van der Waals surface area contributed by atoms with Crippen LogP contribution in [0, 0.1) is 5.92 Å². The second kappa shape index (κ2) is 6.02. The van der Waals surface area contributed by atoms with E-state index in [0.29, 0.717) is 0 Å². The average Bonchev–Trinajstić information content (AvgIpc) is 3.04. The standard InChI is InChI=1S/C14H28N2/c1-3-12-5-6-13(11-12)15-9-10-16(4-2)14-7-8-14/h12-15H,3-11H2,1-2H3. The Balaban J connectivity index is 1.57. The van der Waals surface area contributed by atoms with Crippen LogP contribution in [0.15, 0.2) is 0 Å². The van der Waals surface area contributed by atoms with Crippen molar-refractivity contribution < 1.29 is 0 Å². The Kier molecular flexibility index (Phi) is 4.66. The van der Waals surface area contributed by atoms with Crippen LogP contribution in [0.4, 0.5) is 0 Å². The molecule has 0 aromatic heterocycles. The molecule has 0 amide bonds. The van der Waals surface area contributed by atoms with Crippen molar-refractivity contribution in [2.45, 2.75) is 64.5 Å². The number of nitrogens with zero attached hydrogens (tertiary/aromatic N) is 1. The maximum atomic E-state index is 3.75. The molecule has 2 atom stereocenters. The minimum Gasteiger partial charge on any atom is -0.313 e. The molecule has 1 N–H and O–H groups in total. The van der Waals surface area contributed by atoms with E-state index in [1.807, 2.05) is 0 Å². The number of rotatable bonds is 7. The Labute approximate surface area is 101 Å². The van der Waals surface area contributed by atoms with Gasteiger partial charge in [-0.05, 0) is 44.6 Å². The van der Waals surface area contributed by atoms with Crippen LogP contribution in [0.1, 0.15) is 52.4 Å². The zero-order chi connectivity index (χ0) is 11.4. The van der Waals surface area contributed by atoms with Gasteiger partial charge in [-0.15, -0.1) is 0 Å². The van der Waals surface area contributed by atoms with Crippen molar-refractivity contribution in [3.05, 3.63) is 0 Å². The van der Waals surface area contributed by atoms with Crippen molar-refractivity contribution in [1.82, 2.24) is 10.2 Å². The lowest BCUT2D eigenvalue weighted by atomic mass is 10.1. The first-order valence-electron chi connectivity index (χ1n) is 7.30. The lowest BCUT2D eigenvalue weighted by molar-refractivity contribution is 0.271. The van der Waals surface area contributed by atoms with Gasteiger partial charge in [0.2, 0.25) is 0 Å². The summed E-state index contributed by atoms with van der Waals surface area (Å²) in [5.41, 5.74) is 0. The first-order valence-corrected chi connectivity index (χ1v) is 7.30. The molecular formula is C14H28N2. The SMILES string of the molecule is CCC1CCC(NCCN(CC)C2CC2)C1. The van der Waals surface area contributed by atoms with E-state index in [4.69, 9.17) is 0 Å². The van der Waals surface area contributed by atoms with Gasteiger partial charge in [0.15, 0.2) is 0 Å². The van der Waals surface area contributed by atoms with Crippen LogP contribution in [0.5, 0.6) is 0 Å². The minimum absolute atomic E-state index is 0.822. The fraction of sp³-hybridized carbons (Fsp3) is 1.00. The van der Waals surface area contributed by atoms with Gasteiger partial charge in [0.05, 0.1) is 0 Å². The minimum atomic E-state index is 0.822. The third kappa shape index (κ3) is 3.46. The summed E-state index contributed by atoms with van der Waals surface area (Å²) in [5, 5.41) is 3.75. The molecule has 0 heterocycles. The van der Waals surface area contributed by atoms with Crippen LogP contribution in [0.3, 0.4) is 0 Å². The summed E-state index contributed by atoms with van der Waals surface area (Å²) in [4.78, 5) is 2.64. The molecule has 0 radical (unpaired) electrons. The molecule has 2 nitrogen and oxygen atoms in total. The molecular weight excluding hydrogens is 196 g/mol. The molecule has 2 rings (SSSR count). The molecule has 2 unspecified atom stereocenters. The van der Waals surface area contributed by atoms with Crippen LogP contribution in [0.2, 0.25) is 0 Å². The number of nitrogens with one attached hydrogen (secondary N) is 1. The highest BCUT2D eigenvalue weighted by molar-refractivity contribution is 4.85. The molecule has 0 bridgehead atoms. The Morgan fingerprint density at radius 1 is 1.12 bits per heavy atom. The fourth-order valence-corrected chi connectivity index (χ4v) is 3.08. The molecule has 0 spiro atoms. The third-order valence-electron chi connectivity index (χ3n) is 4.42. The van der Waals surface area contributed by atoms with Crippen molar-refractivity contribution in [3.8, 4) is 0 Å². The van der Waals surface area contributed by atoms with Gasteiger partial charge in [0.25, 0.3) is 0 Å². The van der Waals surface area contributed by atoms with Crippen molar-refractivity contribution >= 4 is 0 Å². The smallest absolute Gasteiger partial charge is 0.0110 e. The predicted octanol–water partition coefficient (Wildman–Crippen LogP) is 2.64. The van der Waals surface area contributed by atoms with Crippen LogP contribution >= 0.6 is 0 Å². The molecule has 94 valence electrons. The van der Waals surface area contributed by atoms with Gasteiger partial charge >= 0.3 is 0 Å². The van der Waals surface area contributed by atoms with E-state index in [-0.39, 0.29) is 0 Å². The second-order valence-electron chi connectivity index (χ2n) is 5.60. The Bertz CT molecular complexity index is 201. The summed E-state index contributed by atoms with van der Waals surface area (Å²) in [5.74, 6) is 1.00. The Morgan fingerprint density at radius 2 is 1.94 bits per heavy atom. The van der Waals surface area contributed by atoms with Crippen molar-refractivity contribution in [2.24, 2.45) is 5.92 Å². The van der Waals surface area contributed by atoms with Gasteiger partial charge < -0.3 is 5.32 Å². The van der Waals surface area contributed by atoms with Gasteiger partial charge in [0, 0.05) is 25.2 Å². The highest BCUT2D eigenvalue weighted by Crippen LogP contribution is 2.28. The molecule has 2 fully saturated rings. The molecule has 2 heteroatoms. The van der Waals surface area contributed by atoms with E-state index in [1.54, 1.807) is 0 Å². The average molecular weight is 224 g/mol. The highest BCUT2D eigenvalue weighted by atomic mass is 15.2. The maximum absolute atomic E-state index is 3.75. The van der Waals surface area contributed by atoms with Crippen molar-refractivity contribution in [3.63, 3.8) is 0 Å². The van der Waals surface area contributed by atoms with Crippen LogP contribution in [-0.2, 0) is 0 Å². The van der Waals surface area contributed by atoms with Crippen LogP contribution in [-0.4, -0.2) is 36.6 Å².